The summed E-state index contributed by atoms with van der Waals surface area (Å²) in [5.41, 5.74) is 0. The molecule has 2 N–H and O–H groups in total. The van der Waals surface area contributed by atoms with Gasteiger partial charge in [0.2, 0.25) is 0 Å². The molecule has 1 unspecified atom stereocenters. The van der Waals surface area contributed by atoms with Crippen LogP contribution in [0.4, 0.5) is 0 Å². The first kappa shape index (κ1) is 11.0. The molecule has 1 aliphatic rings. The molecule has 3 heteroatoms. The van der Waals surface area contributed by atoms with Crippen molar-refractivity contribution in [3.05, 3.63) is 0 Å². The summed E-state index contributed by atoms with van der Waals surface area (Å²) in [7, 11) is 4.15. The third-order valence-corrected chi connectivity index (χ3v) is 2.88. The molecular formula is C10H22N2O. The molecule has 0 aliphatic carbocycles. The second kappa shape index (κ2) is 5.58. The number of hydrogen-bond donors (Lipinski definition) is 2. The van der Waals surface area contributed by atoms with Crippen LogP contribution in [-0.2, 0) is 0 Å². The van der Waals surface area contributed by atoms with Crippen molar-refractivity contribution >= 4 is 0 Å². The van der Waals surface area contributed by atoms with Crippen LogP contribution >= 0.6 is 0 Å². The Labute approximate surface area is 81.1 Å². The van der Waals surface area contributed by atoms with Crippen molar-refractivity contribution in [2.24, 2.45) is 11.8 Å². The van der Waals surface area contributed by atoms with Gasteiger partial charge in [0.1, 0.15) is 0 Å². The van der Waals surface area contributed by atoms with Gasteiger partial charge in [-0.3, -0.25) is 0 Å². The predicted molar refractivity (Wildman–Crippen MR) is 54.7 cm³/mol. The van der Waals surface area contributed by atoms with Crippen molar-refractivity contribution < 1.29 is 5.11 Å². The average Bonchev–Trinajstić information content (AvgIpc) is 2.15. The number of aliphatic hydroxyl groups excluding tert-OH is 1. The topological polar surface area (TPSA) is 35.5 Å². The molecule has 0 bridgehead atoms. The zero-order chi connectivity index (χ0) is 9.68. The SMILES string of the molecule is CN(C)CC(CO)C1CCNCC1. The molecule has 0 aromatic carbocycles. The van der Waals surface area contributed by atoms with E-state index in [0.717, 1.165) is 19.6 Å². The zero-order valence-electron chi connectivity index (χ0n) is 8.79. The van der Waals surface area contributed by atoms with Gasteiger partial charge in [-0.25, -0.2) is 0 Å². The quantitative estimate of drug-likeness (QED) is 0.656. The van der Waals surface area contributed by atoms with Crippen LogP contribution in [0.2, 0.25) is 0 Å². The van der Waals surface area contributed by atoms with Gasteiger partial charge in [0.05, 0.1) is 0 Å². The number of aliphatic hydroxyl groups is 1. The van der Waals surface area contributed by atoms with Gasteiger partial charge in [0.15, 0.2) is 0 Å². The van der Waals surface area contributed by atoms with E-state index < -0.39 is 0 Å². The van der Waals surface area contributed by atoms with Crippen LogP contribution in [0.1, 0.15) is 12.8 Å². The Balaban J connectivity index is 2.34. The molecule has 1 atom stereocenters. The van der Waals surface area contributed by atoms with Gasteiger partial charge in [0, 0.05) is 13.2 Å². The first-order chi connectivity index (χ1) is 6.24. The lowest BCUT2D eigenvalue weighted by Crippen LogP contribution is -2.37. The summed E-state index contributed by atoms with van der Waals surface area (Å²) in [6.45, 7) is 3.59. The normalized spacial score (nSPS) is 22.2. The average molecular weight is 186 g/mol. The van der Waals surface area contributed by atoms with E-state index in [2.05, 4.69) is 24.3 Å². The second-order valence-corrected chi connectivity index (χ2v) is 4.29. The number of hydrogen-bond acceptors (Lipinski definition) is 3. The monoisotopic (exact) mass is 186 g/mol. The molecule has 0 aromatic heterocycles. The van der Waals surface area contributed by atoms with E-state index in [-0.39, 0.29) is 0 Å². The molecule has 78 valence electrons. The Hall–Kier alpha value is -0.120. The van der Waals surface area contributed by atoms with Gasteiger partial charge in [-0.15, -0.1) is 0 Å². The van der Waals surface area contributed by atoms with Crippen LogP contribution < -0.4 is 5.32 Å². The highest BCUT2D eigenvalue weighted by Crippen LogP contribution is 2.21. The summed E-state index contributed by atoms with van der Waals surface area (Å²) in [5.74, 6) is 1.19. The highest BCUT2D eigenvalue weighted by Gasteiger charge is 2.22. The summed E-state index contributed by atoms with van der Waals surface area (Å²) >= 11 is 0. The van der Waals surface area contributed by atoms with Gasteiger partial charge in [-0.05, 0) is 51.9 Å². The van der Waals surface area contributed by atoms with Crippen molar-refractivity contribution in [1.82, 2.24) is 10.2 Å². The van der Waals surface area contributed by atoms with Crippen molar-refractivity contribution in [2.45, 2.75) is 12.8 Å². The van der Waals surface area contributed by atoms with E-state index in [4.69, 9.17) is 0 Å². The molecule has 13 heavy (non-hydrogen) atoms. The summed E-state index contributed by atoms with van der Waals surface area (Å²) < 4.78 is 0. The molecule has 1 aliphatic heterocycles. The van der Waals surface area contributed by atoms with Crippen molar-refractivity contribution in [3.8, 4) is 0 Å². The van der Waals surface area contributed by atoms with E-state index in [0.29, 0.717) is 18.4 Å². The minimum Gasteiger partial charge on any atom is -0.396 e. The van der Waals surface area contributed by atoms with E-state index in [1.807, 2.05) is 0 Å². The Kier molecular flexibility index (Phi) is 4.70. The van der Waals surface area contributed by atoms with Crippen LogP contribution in [-0.4, -0.2) is 50.3 Å². The number of piperidine rings is 1. The second-order valence-electron chi connectivity index (χ2n) is 4.29. The molecule has 0 radical (unpaired) electrons. The van der Waals surface area contributed by atoms with Crippen LogP contribution in [0.25, 0.3) is 0 Å². The molecule has 3 nitrogen and oxygen atoms in total. The minimum atomic E-state index is 0.336. The third kappa shape index (κ3) is 3.63. The highest BCUT2D eigenvalue weighted by atomic mass is 16.3. The molecule has 1 rings (SSSR count). The van der Waals surface area contributed by atoms with Gasteiger partial charge >= 0.3 is 0 Å². The molecule has 1 heterocycles. The minimum absolute atomic E-state index is 0.336. The standard InChI is InChI=1S/C10H22N2O/c1-12(2)7-10(8-13)9-3-5-11-6-4-9/h9-11,13H,3-8H2,1-2H3. The largest absolute Gasteiger partial charge is 0.396 e. The fourth-order valence-electron chi connectivity index (χ4n) is 2.14. The Morgan fingerprint density at radius 3 is 2.46 bits per heavy atom. The smallest absolute Gasteiger partial charge is 0.0474 e. The lowest BCUT2D eigenvalue weighted by Gasteiger charge is -2.31. The van der Waals surface area contributed by atoms with E-state index in [9.17, 15) is 5.11 Å². The van der Waals surface area contributed by atoms with Crippen LogP contribution in [0.3, 0.4) is 0 Å². The van der Waals surface area contributed by atoms with Gasteiger partial charge in [0.25, 0.3) is 0 Å². The maximum Gasteiger partial charge on any atom is 0.0474 e. The Morgan fingerprint density at radius 2 is 2.00 bits per heavy atom. The summed E-state index contributed by atoms with van der Waals surface area (Å²) in [6, 6.07) is 0. The maximum absolute atomic E-state index is 9.28. The molecular weight excluding hydrogens is 164 g/mol. The molecule has 1 fully saturated rings. The molecule has 0 aromatic rings. The highest BCUT2D eigenvalue weighted by molar-refractivity contribution is 4.76. The number of nitrogens with zero attached hydrogens (tertiary/aromatic N) is 1. The van der Waals surface area contributed by atoms with Crippen molar-refractivity contribution in [2.75, 3.05) is 40.3 Å². The maximum atomic E-state index is 9.28. The van der Waals surface area contributed by atoms with E-state index in [1.165, 1.54) is 12.8 Å². The van der Waals surface area contributed by atoms with E-state index in [1.54, 1.807) is 0 Å². The lowest BCUT2D eigenvalue weighted by molar-refractivity contribution is 0.124. The zero-order valence-corrected chi connectivity index (χ0v) is 8.79. The molecule has 0 amide bonds. The van der Waals surface area contributed by atoms with Crippen LogP contribution in [0.15, 0.2) is 0 Å². The summed E-state index contributed by atoms with van der Waals surface area (Å²) in [5, 5.41) is 12.6. The Bertz CT molecular complexity index is 133. The van der Waals surface area contributed by atoms with Gasteiger partial charge < -0.3 is 15.3 Å². The van der Waals surface area contributed by atoms with Gasteiger partial charge in [-0.1, -0.05) is 0 Å². The first-order valence-corrected chi connectivity index (χ1v) is 5.20. The first-order valence-electron chi connectivity index (χ1n) is 5.20. The van der Waals surface area contributed by atoms with Crippen LogP contribution in [0.5, 0.6) is 0 Å². The molecule has 0 spiro atoms. The van der Waals surface area contributed by atoms with Crippen molar-refractivity contribution in [1.29, 1.82) is 0 Å². The Morgan fingerprint density at radius 1 is 1.38 bits per heavy atom. The van der Waals surface area contributed by atoms with Gasteiger partial charge in [-0.2, -0.15) is 0 Å². The number of nitrogens with one attached hydrogen (secondary N) is 1. The number of rotatable bonds is 4. The van der Waals surface area contributed by atoms with Crippen molar-refractivity contribution in [3.63, 3.8) is 0 Å². The predicted octanol–water partition coefficient (Wildman–Crippen LogP) is 0.156. The summed E-state index contributed by atoms with van der Waals surface area (Å²) in [6.07, 6.45) is 2.44. The fourth-order valence-corrected chi connectivity index (χ4v) is 2.14. The molecule has 1 saturated heterocycles. The van der Waals surface area contributed by atoms with E-state index >= 15 is 0 Å². The molecule has 0 saturated carbocycles. The summed E-state index contributed by atoms with van der Waals surface area (Å²) in [4.78, 5) is 2.17. The lowest BCUT2D eigenvalue weighted by atomic mass is 9.85. The third-order valence-electron chi connectivity index (χ3n) is 2.88. The fraction of sp³-hybridized carbons (Fsp3) is 1.00. The van der Waals surface area contributed by atoms with Crippen LogP contribution in [0, 0.1) is 11.8 Å².